The zero-order valence-corrected chi connectivity index (χ0v) is 19.7. The molecule has 0 spiro atoms. The number of hydrogen-bond acceptors (Lipinski definition) is 4. The lowest BCUT2D eigenvalue weighted by molar-refractivity contribution is 0.400. The number of rotatable bonds is 6. The number of sulfone groups is 1. The van der Waals surface area contributed by atoms with Crippen LogP contribution in [0.15, 0.2) is 40.2 Å². The molecule has 148 valence electrons. The van der Waals surface area contributed by atoms with E-state index in [1.165, 1.54) is 0 Å². The van der Waals surface area contributed by atoms with Gasteiger partial charge in [-0.3, -0.25) is 4.99 Å². The molecule has 26 heavy (non-hydrogen) atoms. The molecule has 1 aliphatic rings. The molecule has 2 atom stereocenters. The van der Waals surface area contributed by atoms with Crippen molar-refractivity contribution in [1.82, 2.24) is 10.2 Å². The van der Waals surface area contributed by atoms with Crippen molar-refractivity contribution in [3.05, 3.63) is 30.3 Å². The molecule has 1 aliphatic heterocycles. The van der Waals surface area contributed by atoms with Crippen molar-refractivity contribution in [2.24, 2.45) is 4.99 Å². The van der Waals surface area contributed by atoms with Gasteiger partial charge in [-0.25, -0.2) is 8.42 Å². The standard InChI is InChI=1S/C18H29N3O2S2.HI/c1-4-15(14-25(22,23)17-9-7-6-8-10-17)20-18(19-3)21-11-12-24-16(5-2)13-21;/h6-10,15-16H,4-5,11-14H2,1-3H3,(H,19,20);1H. The average Bonchev–Trinajstić information content (AvgIpc) is 2.65. The third-order valence-corrected chi connectivity index (χ3v) is 7.66. The molecule has 0 aromatic heterocycles. The molecule has 1 aromatic carbocycles. The highest BCUT2D eigenvalue weighted by Crippen LogP contribution is 2.21. The SMILES string of the molecule is CCC(CS(=O)(=O)c1ccccc1)NC(=NC)N1CCSC(CC)C1.I. The molecule has 1 saturated heterocycles. The summed E-state index contributed by atoms with van der Waals surface area (Å²) < 4.78 is 25.3. The van der Waals surface area contributed by atoms with Crippen LogP contribution in [-0.4, -0.2) is 62.2 Å². The van der Waals surface area contributed by atoms with Crippen molar-refractivity contribution in [2.45, 2.75) is 42.9 Å². The minimum atomic E-state index is -3.31. The van der Waals surface area contributed by atoms with Crippen LogP contribution in [0.25, 0.3) is 0 Å². The second-order valence-corrected chi connectivity index (χ2v) is 9.68. The fourth-order valence-corrected chi connectivity index (χ4v) is 5.68. The first kappa shape index (κ1) is 23.6. The number of hydrogen-bond donors (Lipinski definition) is 1. The Bertz CT molecular complexity index is 668. The van der Waals surface area contributed by atoms with Crippen LogP contribution >= 0.6 is 35.7 Å². The number of nitrogens with one attached hydrogen (secondary N) is 1. The van der Waals surface area contributed by atoms with Gasteiger partial charge in [0, 0.05) is 37.2 Å². The summed E-state index contributed by atoms with van der Waals surface area (Å²) in [4.78, 5) is 7.03. The van der Waals surface area contributed by atoms with Crippen molar-refractivity contribution in [3.8, 4) is 0 Å². The Hall–Kier alpha value is -0.480. The van der Waals surface area contributed by atoms with E-state index in [1.807, 2.05) is 24.8 Å². The second-order valence-electron chi connectivity index (χ2n) is 6.24. The van der Waals surface area contributed by atoms with Gasteiger partial charge < -0.3 is 10.2 Å². The summed E-state index contributed by atoms with van der Waals surface area (Å²) in [6, 6.07) is 8.51. The first-order valence-electron chi connectivity index (χ1n) is 8.87. The van der Waals surface area contributed by atoms with E-state index >= 15 is 0 Å². The Morgan fingerprint density at radius 2 is 2.04 bits per heavy atom. The number of benzene rings is 1. The maximum atomic E-state index is 12.6. The fraction of sp³-hybridized carbons (Fsp3) is 0.611. The molecule has 0 bridgehead atoms. The van der Waals surface area contributed by atoms with Crippen LogP contribution in [0, 0.1) is 0 Å². The van der Waals surface area contributed by atoms with Gasteiger partial charge in [0.25, 0.3) is 0 Å². The number of nitrogens with zero attached hydrogens (tertiary/aromatic N) is 2. The van der Waals surface area contributed by atoms with Crippen molar-refractivity contribution in [3.63, 3.8) is 0 Å². The molecule has 2 rings (SSSR count). The lowest BCUT2D eigenvalue weighted by Gasteiger charge is -2.35. The van der Waals surface area contributed by atoms with Gasteiger partial charge in [0.2, 0.25) is 0 Å². The van der Waals surface area contributed by atoms with Crippen LogP contribution in [0.5, 0.6) is 0 Å². The smallest absolute Gasteiger partial charge is 0.193 e. The van der Waals surface area contributed by atoms with E-state index in [4.69, 9.17) is 0 Å². The molecule has 0 aliphatic carbocycles. The van der Waals surface area contributed by atoms with E-state index in [0.717, 1.165) is 37.6 Å². The molecule has 1 aromatic rings. The molecule has 8 heteroatoms. The lowest BCUT2D eigenvalue weighted by Crippen LogP contribution is -2.52. The number of aliphatic imine (C=N–C) groups is 1. The first-order valence-corrected chi connectivity index (χ1v) is 11.6. The maximum Gasteiger partial charge on any atom is 0.193 e. The Labute approximate surface area is 179 Å². The van der Waals surface area contributed by atoms with Crippen molar-refractivity contribution in [2.75, 3.05) is 31.6 Å². The summed E-state index contributed by atoms with van der Waals surface area (Å²) in [5, 5.41) is 3.99. The lowest BCUT2D eigenvalue weighted by atomic mass is 10.2. The molecule has 1 fully saturated rings. The van der Waals surface area contributed by atoms with Gasteiger partial charge in [0.1, 0.15) is 0 Å². The number of halogens is 1. The summed E-state index contributed by atoms with van der Waals surface area (Å²) >= 11 is 2.01. The van der Waals surface area contributed by atoms with Crippen LogP contribution in [-0.2, 0) is 9.84 Å². The average molecular weight is 511 g/mol. The molecule has 0 radical (unpaired) electrons. The molecule has 5 nitrogen and oxygen atoms in total. The number of thioether (sulfide) groups is 1. The van der Waals surface area contributed by atoms with Gasteiger partial charge in [0.05, 0.1) is 10.6 Å². The summed E-state index contributed by atoms with van der Waals surface area (Å²) in [6.45, 7) is 6.12. The van der Waals surface area contributed by atoms with Gasteiger partial charge >= 0.3 is 0 Å². The number of guanidine groups is 1. The molecule has 0 saturated carbocycles. The summed E-state index contributed by atoms with van der Waals surface area (Å²) in [7, 11) is -1.54. The van der Waals surface area contributed by atoms with Crippen molar-refractivity contribution < 1.29 is 8.42 Å². The zero-order chi connectivity index (χ0) is 18.3. The summed E-state index contributed by atoms with van der Waals surface area (Å²) in [6.07, 6.45) is 1.86. The Morgan fingerprint density at radius 1 is 1.35 bits per heavy atom. The highest BCUT2D eigenvalue weighted by atomic mass is 127. The summed E-state index contributed by atoms with van der Waals surface area (Å²) in [5.41, 5.74) is 0. The van der Waals surface area contributed by atoms with E-state index in [9.17, 15) is 8.42 Å². The van der Waals surface area contributed by atoms with Gasteiger partial charge in [-0.05, 0) is 25.0 Å². The molecule has 1 heterocycles. The van der Waals surface area contributed by atoms with Crippen molar-refractivity contribution in [1.29, 1.82) is 0 Å². The van der Waals surface area contributed by atoms with Gasteiger partial charge in [-0.15, -0.1) is 24.0 Å². The third-order valence-electron chi connectivity index (χ3n) is 4.45. The predicted molar refractivity (Wildman–Crippen MR) is 123 cm³/mol. The largest absolute Gasteiger partial charge is 0.352 e. The molecular weight excluding hydrogens is 481 g/mol. The first-order chi connectivity index (χ1) is 12.0. The Morgan fingerprint density at radius 3 is 2.62 bits per heavy atom. The quantitative estimate of drug-likeness (QED) is 0.361. The van der Waals surface area contributed by atoms with E-state index in [-0.39, 0.29) is 35.8 Å². The Balaban J connectivity index is 0.00000338. The monoisotopic (exact) mass is 511 g/mol. The van der Waals surface area contributed by atoms with E-state index < -0.39 is 9.84 Å². The van der Waals surface area contributed by atoms with Crippen LogP contribution in [0.4, 0.5) is 0 Å². The summed E-state index contributed by atoms with van der Waals surface area (Å²) in [5.74, 6) is 1.97. The highest BCUT2D eigenvalue weighted by molar-refractivity contribution is 14.0. The predicted octanol–water partition coefficient (Wildman–Crippen LogP) is 3.26. The van der Waals surface area contributed by atoms with E-state index in [2.05, 4.69) is 22.1 Å². The molecule has 2 unspecified atom stereocenters. The molecule has 1 N–H and O–H groups in total. The normalized spacial score (nSPS) is 19.6. The van der Waals surface area contributed by atoms with Gasteiger partial charge in [-0.1, -0.05) is 32.0 Å². The van der Waals surface area contributed by atoms with Crippen LogP contribution in [0.2, 0.25) is 0 Å². The highest BCUT2D eigenvalue weighted by Gasteiger charge is 2.25. The maximum absolute atomic E-state index is 12.6. The van der Waals surface area contributed by atoms with Crippen molar-refractivity contribution >= 4 is 51.5 Å². The van der Waals surface area contributed by atoms with E-state index in [1.54, 1.807) is 31.3 Å². The third kappa shape index (κ3) is 6.60. The van der Waals surface area contributed by atoms with Crippen LogP contribution < -0.4 is 5.32 Å². The van der Waals surface area contributed by atoms with E-state index in [0.29, 0.717) is 10.1 Å². The Kier molecular flexibility index (Phi) is 10.3. The minimum absolute atomic E-state index is 0. The van der Waals surface area contributed by atoms with Crippen LogP contribution in [0.1, 0.15) is 26.7 Å². The fourth-order valence-electron chi connectivity index (χ4n) is 2.89. The van der Waals surface area contributed by atoms with Gasteiger partial charge in [-0.2, -0.15) is 11.8 Å². The van der Waals surface area contributed by atoms with Crippen LogP contribution in [0.3, 0.4) is 0 Å². The topological polar surface area (TPSA) is 61.8 Å². The molecule has 0 amide bonds. The minimum Gasteiger partial charge on any atom is -0.352 e. The molecular formula is C18H30IN3O2S2. The second kappa shape index (κ2) is 11.4. The zero-order valence-electron chi connectivity index (χ0n) is 15.7. The van der Waals surface area contributed by atoms with Gasteiger partial charge in [0.15, 0.2) is 15.8 Å².